The number of fused-ring (bicyclic) bond motifs is 1. The van der Waals surface area contributed by atoms with Gasteiger partial charge in [-0.1, -0.05) is 0 Å². The third-order valence-corrected chi connectivity index (χ3v) is 10.1. The van der Waals surface area contributed by atoms with Crippen LogP contribution in [0.4, 0.5) is 5.69 Å². The number of anilines is 1. The molecule has 2 aromatic carbocycles. The summed E-state index contributed by atoms with van der Waals surface area (Å²) in [6.45, 7) is 2.14. The van der Waals surface area contributed by atoms with Crippen molar-refractivity contribution in [2.45, 2.75) is 44.4 Å². The summed E-state index contributed by atoms with van der Waals surface area (Å²) in [5, 5.41) is 6.00. The maximum Gasteiger partial charge on any atom is 0.267 e. The first-order chi connectivity index (χ1) is 23.5. The summed E-state index contributed by atoms with van der Waals surface area (Å²) in [7, 11) is 8.93. The van der Waals surface area contributed by atoms with Gasteiger partial charge in [0, 0.05) is 67.7 Å². The second kappa shape index (κ2) is 14.3. The summed E-state index contributed by atoms with van der Waals surface area (Å²) < 4.78 is 19.6. The molecule has 2 aliphatic rings. The van der Waals surface area contributed by atoms with Gasteiger partial charge in [-0.25, -0.2) is 0 Å². The van der Waals surface area contributed by atoms with Crippen LogP contribution in [0, 0.1) is 0 Å². The molecule has 13 heteroatoms. The summed E-state index contributed by atoms with van der Waals surface area (Å²) in [6, 6.07) is 13.2. The van der Waals surface area contributed by atoms with Crippen molar-refractivity contribution in [3.05, 3.63) is 69.5 Å². The first kappa shape index (κ1) is 34.0. The van der Waals surface area contributed by atoms with Crippen LogP contribution in [-0.2, 0) is 23.2 Å². The highest BCUT2D eigenvalue weighted by Gasteiger charge is 2.29. The number of nitrogens with zero attached hydrogens (tertiary/aromatic N) is 3. The fourth-order valence-electron chi connectivity index (χ4n) is 6.40. The van der Waals surface area contributed by atoms with E-state index in [0.29, 0.717) is 40.5 Å². The van der Waals surface area contributed by atoms with Crippen LogP contribution in [0.15, 0.2) is 53.5 Å². The largest absolute Gasteiger partial charge is 0.496 e. The Morgan fingerprint density at radius 2 is 1.67 bits per heavy atom. The molecular weight excluding hydrogens is 646 g/mol. The van der Waals surface area contributed by atoms with Gasteiger partial charge in [-0.2, -0.15) is 0 Å². The van der Waals surface area contributed by atoms with Crippen LogP contribution in [0.5, 0.6) is 17.2 Å². The third-order valence-electron chi connectivity index (χ3n) is 8.97. The minimum Gasteiger partial charge on any atom is -0.496 e. The Hall–Kier alpha value is -4.88. The van der Waals surface area contributed by atoms with Crippen LogP contribution in [0.25, 0.3) is 21.2 Å². The van der Waals surface area contributed by atoms with Crippen LogP contribution in [-0.4, -0.2) is 80.7 Å². The molecule has 12 nitrogen and oxygen atoms in total. The molecule has 2 fully saturated rings. The number of hydrogen-bond acceptors (Lipinski definition) is 10. The number of imide groups is 1. The third kappa shape index (κ3) is 7.27. The predicted molar refractivity (Wildman–Crippen MR) is 189 cm³/mol. The van der Waals surface area contributed by atoms with E-state index in [2.05, 4.69) is 15.5 Å². The Bertz CT molecular complexity index is 1920. The van der Waals surface area contributed by atoms with E-state index in [0.717, 1.165) is 53.0 Å². The lowest BCUT2D eigenvalue weighted by Crippen LogP contribution is -2.46. The van der Waals surface area contributed by atoms with Crippen molar-refractivity contribution >= 4 is 44.8 Å². The van der Waals surface area contributed by atoms with Gasteiger partial charge in [0.2, 0.25) is 5.91 Å². The number of nitrogens with one attached hydrogen (secondary N) is 2. The van der Waals surface area contributed by atoms with Crippen molar-refractivity contribution in [1.29, 1.82) is 0 Å². The number of amides is 3. The van der Waals surface area contributed by atoms with Gasteiger partial charge in [0.1, 0.15) is 17.2 Å². The molecule has 49 heavy (non-hydrogen) atoms. The van der Waals surface area contributed by atoms with E-state index in [4.69, 9.17) is 14.2 Å². The van der Waals surface area contributed by atoms with Crippen molar-refractivity contribution < 1.29 is 28.6 Å². The molecule has 2 N–H and O–H groups in total. The molecule has 2 aliphatic heterocycles. The molecule has 258 valence electrons. The quantitative estimate of drug-likeness (QED) is 0.238. The highest BCUT2D eigenvalue weighted by molar-refractivity contribution is 7.21. The Labute approximate surface area is 288 Å². The van der Waals surface area contributed by atoms with Crippen molar-refractivity contribution in [3.8, 4) is 28.4 Å². The monoisotopic (exact) mass is 687 g/mol. The second-order valence-corrected chi connectivity index (χ2v) is 13.7. The van der Waals surface area contributed by atoms with Gasteiger partial charge in [-0.15, -0.1) is 11.3 Å². The van der Waals surface area contributed by atoms with Crippen molar-refractivity contribution in [2.75, 3.05) is 46.3 Å². The van der Waals surface area contributed by atoms with E-state index in [1.54, 1.807) is 38.1 Å². The van der Waals surface area contributed by atoms with Crippen LogP contribution in [0.1, 0.15) is 40.9 Å². The maximum absolute atomic E-state index is 13.5. The number of aromatic nitrogens is 1. The molecule has 6 rings (SSSR count). The molecular formula is C36H41N5O7S. The normalized spacial score (nSPS) is 16.9. The van der Waals surface area contributed by atoms with Gasteiger partial charge < -0.3 is 33.9 Å². The summed E-state index contributed by atoms with van der Waals surface area (Å²) in [5.41, 5.74) is 3.42. The molecule has 4 heterocycles. The van der Waals surface area contributed by atoms with Crippen LogP contribution >= 0.6 is 11.3 Å². The fourth-order valence-corrected chi connectivity index (χ4v) is 7.49. The van der Waals surface area contributed by atoms with Gasteiger partial charge in [0.25, 0.3) is 17.4 Å². The molecule has 2 aromatic heterocycles. The fraction of sp³-hybridized carbons (Fsp3) is 0.389. The van der Waals surface area contributed by atoms with E-state index in [1.807, 2.05) is 55.4 Å². The number of methoxy groups -OCH3 is 2. The number of hydrogen-bond donors (Lipinski definition) is 2. The first-order valence-electron chi connectivity index (χ1n) is 16.2. The number of benzene rings is 2. The van der Waals surface area contributed by atoms with Crippen molar-refractivity contribution in [2.24, 2.45) is 7.05 Å². The van der Waals surface area contributed by atoms with E-state index < -0.39 is 12.0 Å². The summed E-state index contributed by atoms with van der Waals surface area (Å²) in [6.07, 6.45) is 3.27. The van der Waals surface area contributed by atoms with E-state index in [9.17, 15) is 19.2 Å². The number of rotatable bonds is 10. The molecule has 0 radical (unpaired) electrons. The van der Waals surface area contributed by atoms with Gasteiger partial charge >= 0.3 is 0 Å². The van der Waals surface area contributed by atoms with E-state index in [1.165, 1.54) is 11.3 Å². The van der Waals surface area contributed by atoms with Crippen LogP contribution < -0.4 is 35.3 Å². The van der Waals surface area contributed by atoms with E-state index >= 15 is 0 Å². The zero-order valence-electron chi connectivity index (χ0n) is 28.3. The highest BCUT2D eigenvalue weighted by atomic mass is 32.1. The standard InChI is InChI=1S/C36H41N5O7S/c1-39(2)19-27-29(46-4)16-21(17-30(27)47-5)26-20-40(3)36(45)25-18-31(49-33(25)26)35(44)37-22-12-14-41(15-13-22)23-6-8-24(9-7-23)48-28-10-11-32(42)38-34(28)43/h6-9,16-18,20,22,28H,10-15,19H2,1-5H3,(H,37,44)(H,38,42,43). The number of pyridine rings is 1. The molecule has 3 amide bonds. The summed E-state index contributed by atoms with van der Waals surface area (Å²) in [4.78, 5) is 55.0. The minimum atomic E-state index is -0.676. The van der Waals surface area contributed by atoms with Gasteiger partial charge in [0.05, 0.1) is 30.0 Å². The van der Waals surface area contributed by atoms with Crippen LogP contribution in [0.2, 0.25) is 0 Å². The number of ether oxygens (including phenoxy) is 3. The average molecular weight is 688 g/mol. The molecule has 2 saturated heterocycles. The zero-order valence-corrected chi connectivity index (χ0v) is 29.1. The molecule has 1 atom stereocenters. The molecule has 0 spiro atoms. The Kier molecular flexibility index (Phi) is 9.93. The molecule has 0 aliphatic carbocycles. The smallest absolute Gasteiger partial charge is 0.267 e. The number of carbonyl (C=O) groups is 3. The predicted octanol–water partition coefficient (Wildman–Crippen LogP) is 3.93. The van der Waals surface area contributed by atoms with Gasteiger partial charge in [0.15, 0.2) is 6.10 Å². The summed E-state index contributed by atoms with van der Waals surface area (Å²) in [5.74, 6) is 1.06. The highest BCUT2D eigenvalue weighted by Crippen LogP contribution is 2.40. The summed E-state index contributed by atoms with van der Waals surface area (Å²) >= 11 is 1.31. The topological polar surface area (TPSA) is 131 Å². The average Bonchev–Trinajstić information content (AvgIpc) is 3.54. The minimum absolute atomic E-state index is 0.0100. The lowest BCUT2D eigenvalue weighted by Gasteiger charge is -2.34. The first-order valence-corrected chi connectivity index (χ1v) is 17.1. The van der Waals surface area contributed by atoms with Crippen molar-refractivity contribution in [3.63, 3.8) is 0 Å². The number of thiophene rings is 1. The second-order valence-electron chi connectivity index (χ2n) is 12.7. The molecule has 0 bridgehead atoms. The Balaban J connectivity index is 1.14. The molecule has 1 unspecified atom stereocenters. The SMILES string of the molecule is COc1cc(-c2cn(C)c(=O)c3cc(C(=O)NC4CCN(c5ccc(OC6CCC(=O)NC6=O)cc5)CC4)sc23)cc(OC)c1CN(C)C. The van der Waals surface area contributed by atoms with Gasteiger partial charge in [-0.05, 0) is 75.0 Å². The van der Waals surface area contributed by atoms with Gasteiger partial charge in [-0.3, -0.25) is 24.5 Å². The number of piperidine rings is 2. The number of aryl methyl sites for hydroxylation is 1. The lowest BCUT2D eigenvalue weighted by atomic mass is 10.0. The zero-order chi connectivity index (χ0) is 34.8. The Morgan fingerprint density at radius 1 is 1.00 bits per heavy atom. The van der Waals surface area contributed by atoms with E-state index in [-0.39, 0.29) is 29.8 Å². The maximum atomic E-state index is 13.5. The van der Waals surface area contributed by atoms with Crippen LogP contribution in [0.3, 0.4) is 0 Å². The Morgan fingerprint density at radius 3 is 2.29 bits per heavy atom. The van der Waals surface area contributed by atoms with Crippen molar-refractivity contribution in [1.82, 2.24) is 20.1 Å². The molecule has 4 aromatic rings. The lowest BCUT2D eigenvalue weighted by molar-refractivity contribution is -0.138. The molecule has 0 saturated carbocycles. The number of carbonyl (C=O) groups excluding carboxylic acids is 3.